The molecule has 150 valence electrons. The molecule has 3 heterocycles. The molecule has 0 aliphatic heterocycles. The molecule has 4 rings (SSSR count). The van der Waals surface area contributed by atoms with Crippen molar-refractivity contribution in [2.75, 3.05) is 11.4 Å². The molecule has 0 N–H and O–H groups in total. The Bertz CT molecular complexity index is 1210. The van der Waals surface area contributed by atoms with Gasteiger partial charge in [0.25, 0.3) is 15.9 Å². The van der Waals surface area contributed by atoms with Gasteiger partial charge in [0.05, 0.1) is 10.6 Å². The van der Waals surface area contributed by atoms with Crippen LogP contribution in [0.25, 0.3) is 21.5 Å². The standard InChI is InChI=1S/C20H19N3O3S3/c1-13(2)14-6-8-15(9-7-14)23(3)29(24,25)17-10-12-28-18(17)20-21-19(22-26-20)16-5-4-11-27-16/h4-13H,1-3H3. The fourth-order valence-electron chi connectivity index (χ4n) is 2.83. The summed E-state index contributed by atoms with van der Waals surface area (Å²) in [7, 11) is -2.24. The number of benzene rings is 1. The Morgan fingerprint density at radius 3 is 2.45 bits per heavy atom. The zero-order valence-corrected chi connectivity index (χ0v) is 18.5. The second kappa shape index (κ2) is 7.74. The summed E-state index contributed by atoms with van der Waals surface area (Å²) in [6.07, 6.45) is 0. The summed E-state index contributed by atoms with van der Waals surface area (Å²) in [4.78, 5) is 5.84. The Labute approximate surface area is 177 Å². The molecule has 0 amide bonds. The maximum absolute atomic E-state index is 13.3. The van der Waals surface area contributed by atoms with Gasteiger partial charge in [-0.05, 0) is 46.5 Å². The Morgan fingerprint density at radius 1 is 1.03 bits per heavy atom. The molecular weight excluding hydrogens is 426 g/mol. The number of anilines is 1. The molecule has 29 heavy (non-hydrogen) atoms. The van der Waals surface area contributed by atoms with Crippen molar-refractivity contribution in [2.45, 2.75) is 24.7 Å². The van der Waals surface area contributed by atoms with Gasteiger partial charge in [-0.3, -0.25) is 4.31 Å². The number of hydrogen-bond donors (Lipinski definition) is 0. The van der Waals surface area contributed by atoms with Crippen molar-refractivity contribution in [3.63, 3.8) is 0 Å². The van der Waals surface area contributed by atoms with Crippen LogP contribution in [0.5, 0.6) is 0 Å². The van der Waals surface area contributed by atoms with Crippen LogP contribution in [0, 0.1) is 0 Å². The molecule has 9 heteroatoms. The van der Waals surface area contributed by atoms with Gasteiger partial charge in [0.15, 0.2) is 0 Å². The fourth-order valence-corrected chi connectivity index (χ4v) is 5.99. The number of hydrogen-bond acceptors (Lipinski definition) is 7. The zero-order chi connectivity index (χ0) is 20.6. The molecule has 0 unspecified atom stereocenters. The van der Waals surface area contributed by atoms with Gasteiger partial charge in [-0.2, -0.15) is 4.98 Å². The van der Waals surface area contributed by atoms with Crippen LogP contribution >= 0.6 is 22.7 Å². The average Bonchev–Trinajstić information content (AvgIpc) is 3.47. The third-order valence-corrected chi connectivity index (χ3v) is 8.28. The molecule has 1 aromatic carbocycles. The highest BCUT2D eigenvalue weighted by Crippen LogP contribution is 2.36. The first-order valence-electron chi connectivity index (χ1n) is 8.92. The maximum atomic E-state index is 13.3. The van der Waals surface area contributed by atoms with Crippen molar-refractivity contribution in [3.8, 4) is 21.5 Å². The predicted octanol–water partition coefficient (Wildman–Crippen LogP) is 5.48. The van der Waals surface area contributed by atoms with Gasteiger partial charge in [-0.1, -0.05) is 37.2 Å². The number of nitrogens with zero attached hydrogens (tertiary/aromatic N) is 3. The highest BCUT2D eigenvalue weighted by molar-refractivity contribution is 7.93. The van der Waals surface area contributed by atoms with E-state index < -0.39 is 10.0 Å². The van der Waals surface area contributed by atoms with Crippen molar-refractivity contribution >= 4 is 38.4 Å². The Morgan fingerprint density at radius 2 is 1.79 bits per heavy atom. The number of rotatable bonds is 6. The molecule has 0 aliphatic rings. The molecule has 6 nitrogen and oxygen atoms in total. The van der Waals surface area contributed by atoms with Crippen LogP contribution in [0.1, 0.15) is 25.3 Å². The van der Waals surface area contributed by atoms with Crippen molar-refractivity contribution < 1.29 is 12.9 Å². The second-order valence-electron chi connectivity index (χ2n) is 6.73. The molecule has 0 spiro atoms. The summed E-state index contributed by atoms with van der Waals surface area (Å²) in [5.41, 5.74) is 1.75. The summed E-state index contributed by atoms with van der Waals surface area (Å²) < 4.78 is 33.2. The van der Waals surface area contributed by atoms with Crippen molar-refractivity contribution in [3.05, 3.63) is 58.8 Å². The van der Waals surface area contributed by atoms with E-state index in [1.807, 2.05) is 41.8 Å². The molecule has 0 saturated carbocycles. The number of aromatic nitrogens is 2. The van der Waals surface area contributed by atoms with E-state index in [1.54, 1.807) is 18.5 Å². The first-order chi connectivity index (χ1) is 13.9. The van der Waals surface area contributed by atoms with Crippen LogP contribution in [0.4, 0.5) is 5.69 Å². The Kier molecular flexibility index (Phi) is 5.28. The van der Waals surface area contributed by atoms with Gasteiger partial charge < -0.3 is 4.52 Å². The predicted molar refractivity (Wildman–Crippen MR) is 117 cm³/mol. The van der Waals surface area contributed by atoms with Crippen molar-refractivity contribution in [1.29, 1.82) is 0 Å². The summed E-state index contributed by atoms with van der Waals surface area (Å²) in [5.74, 6) is 1.03. The van der Waals surface area contributed by atoms with E-state index in [-0.39, 0.29) is 10.8 Å². The minimum atomic E-state index is -3.79. The maximum Gasteiger partial charge on any atom is 0.269 e. The molecule has 4 aromatic rings. The van der Waals surface area contributed by atoms with Crippen molar-refractivity contribution in [2.24, 2.45) is 0 Å². The topological polar surface area (TPSA) is 76.3 Å². The van der Waals surface area contributed by atoms with E-state index in [4.69, 9.17) is 4.52 Å². The first-order valence-corrected chi connectivity index (χ1v) is 12.1. The van der Waals surface area contributed by atoms with E-state index in [0.29, 0.717) is 22.3 Å². The molecular formula is C20H19N3O3S3. The van der Waals surface area contributed by atoms with Crippen LogP contribution in [-0.4, -0.2) is 25.6 Å². The van der Waals surface area contributed by atoms with Crippen LogP contribution in [0.15, 0.2) is 62.6 Å². The highest BCUT2D eigenvalue weighted by atomic mass is 32.2. The summed E-state index contributed by atoms with van der Waals surface area (Å²) >= 11 is 2.75. The Balaban J connectivity index is 1.67. The van der Waals surface area contributed by atoms with Gasteiger partial charge in [0, 0.05) is 7.05 Å². The molecule has 0 bridgehead atoms. The number of sulfonamides is 1. The lowest BCUT2D eigenvalue weighted by molar-refractivity contribution is 0.432. The van der Waals surface area contributed by atoms with Gasteiger partial charge in [0.2, 0.25) is 5.82 Å². The van der Waals surface area contributed by atoms with E-state index in [1.165, 1.54) is 27.0 Å². The van der Waals surface area contributed by atoms with Crippen molar-refractivity contribution in [1.82, 2.24) is 10.1 Å². The lowest BCUT2D eigenvalue weighted by Crippen LogP contribution is -2.26. The molecule has 3 aromatic heterocycles. The van der Waals surface area contributed by atoms with Crippen LogP contribution < -0.4 is 4.31 Å². The third kappa shape index (κ3) is 3.73. The highest BCUT2D eigenvalue weighted by Gasteiger charge is 2.28. The summed E-state index contributed by atoms with van der Waals surface area (Å²) in [6.45, 7) is 4.20. The summed E-state index contributed by atoms with van der Waals surface area (Å²) in [6, 6.07) is 12.9. The smallest absolute Gasteiger partial charge is 0.269 e. The monoisotopic (exact) mass is 445 g/mol. The van der Waals surface area contributed by atoms with Crippen LogP contribution in [-0.2, 0) is 10.0 Å². The lowest BCUT2D eigenvalue weighted by atomic mass is 10.0. The molecule has 0 atom stereocenters. The molecule has 0 saturated heterocycles. The van der Waals surface area contributed by atoms with Gasteiger partial charge >= 0.3 is 0 Å². The minimum Gasteiger partial charge on any atom is -0.333 e. The quantitative estimate of drug-likeness (QED) is 0.393. The largest absolute Gasteiger partial charge is 0.333 e. The average molecular weight is 446 g/mol. The first kappa shape index (κ1) is 19.8. The van der Waals surface area contributed by atoms with E-state index >= 15 is 0 Å². The number of thiophene rings is 2. The summed E-state index contributed by atoms with van der Waals surface area (Å²) in [5, 5.41) is 7.63. The third-order valence-electron chi connectivity index (χ3n) is 4.55. The van der Waals surface area contributed by atoms with E-state index in [9.17, 15) is 8.42 Å². The normalized spacial score (nSPS) is 11.9. The van der Waals surface area contributed by atoms with Gasteiger partial charge in [-0.25, -0.2) is 8.42 Å². The van der Waals surface area contributed by atoms with Gasteiger partial charge in [-0.15, -0.1) is 22.7 Å². The SMILES string of the molecule is CC(C)c1ccc(N(C)S(=O)(=O)c2ccsc2-c2nc(-c3cccs3)no2)cc1. The van der Waals surface area contributed by atoms with Crippen LogP contribution in [0.3, 0.4) is 0 Å². The molecule has 0 radical (unpaired) electrons. The fraction of sp³-hybridized carbons (Fsp3) is 0.200. The van der Waals surface area contributed by atoms with Gasteiger partial charge in [0.1, 0.15) is 9.77 Å². The van der Waals surface area contributed by atoms with E-state index in [0.717, 1.165) is 10.4 Å². The van der Waals surface area contributed by atoms with E-state index in [2.05, 4.69) is 24.0 Å². The zero-order valence-electron chi connectivity index (χ0n) is 16.1. The second-order valence-corrected chi connectivity index (χ2v) is 10.5. The lowest BCUT2D eigenvalue weighted by Gasteiger charge is -2.20. The molecule has 0 fully saturated rings. The minimum absolute atomic E-state index is 0.152. The molecule has 0 aliphatic carbocycles. The van der Waals surface area contributed by atoms with Crippen LogP contribution in [0.2, 0.25) is 0 Å². The Hall–Kier alpha value is -2.49.